The smallest absolute Gasteiger partial charge is 0.264 e. The van der Waals surface area contributed by atoms with Crippen LogP contribution in [0.4, 0.5) is 5.69 Å². The number of amides is 1. The van der Waals surface area contributed by atoms with Gasteiger partial charge in [0, 0.05) is 26.2 Å². The van der Waals surface area contributed by atoms with E-state index in [1.54, 1.807) is 7.11 Å². The third kappa shape index (κ3) is 3.31. The second-order valence-electron chi connectivity index (χ2n) is 7.10. The Morgan fingerprint density at radius 2 is 1.87 bits per heavy atom. The number of thiophene rings is 1. The Balaban J connectivity index is 1.47. The zero-order chi connectivity index (χ0) is 20.5. The number of fused-ring (bicyclic) bond motifs is 2. The van der Waals surface area contributed by atoms with Gasteiger partial charge < -0.3 is 19.3 Å². The van der Waals surface area contributed by atoms with Crippen LogP contribution in [0.1, 0.15) is 15.2 Å². The van der Waals surface area contributed by atoms with E-state index in [1.165, 1.54) is 11.3 Å². The van der Waals surface area contributed by atoms with Gasteiger partial charge in [0.1, 0.15) is 11.5 Å². The van der Waals surface area contributed by atoms with Gasteiger partial charge in [0.05, 0.1) is 17.6 Å². The highest BCUT2D eigenvalue weighted by Crippen LogP contribution is 2.42. The van der Waals surface area contributed by atoms with E-state index in [0.29, 0.717) is 43.4 Å². The SMILES string of the molecule is COc1cccc2c1Oc1ccccc1N=C2N1CCN(C(=O)c2cccs2)CC1. The van der Waals surface area contributed by atoms with Crippen LogP contribution >= 0.6 is 11.3 Å². The van der Waals surface area contributed by atoms with Crippen LogP contribution in [0.5, 0.6) is 17.2 Å². The van der Waals surface area contributed by atoms with Crippen LogP contribution in [0.3, 0.4) is 0 Å². The van der Waals surface area contributed by atoms with E-state index in [0.717, 1.165) is 22.0 Å². The lowest BCUT2D eigenvalue weighted by molar-refractivity contribution is 0.0697. The molecule has 1 aromatic heterocycles. The lowest BCUT2D eigenvalue weighted by atomic mass is 10.1. The number of aliphatic imine (C=N–C) groups is 1. The molecule has 1 amide bonds. The summed E-state index contributed by atoms with van der Waals surface area (Å²) in [6, 6.07) is 17.4. The number of methoxy groups -OCH3 is 1. The van der Waals surface area contributed by atoms with Crippen LogP contribution in [-0.2, 0) is 0 Å². The van der Waals surface area contributed by atoms with Crippen molar-refractivity contribution >= 4 is 28.8 Å². The maximum atomic E-state index is 12.7. The van der Waals surface area contributed by atoms with Crippen molar-refractivity contribution in [1.82, 2.24) is 9.80 Å². The molecule has 152 valence electrons. The summed E-state index contributed by atoms with van der Waals surface area (Å²) in [7, 11) is 1.64. The minimum absolute atomic E-state index is 0.100. The molecule has 7 heteroatoms. The molecule has 0 spiro atoms. The number of benzene rings is 2. The van der Waals surface area contributed by atoms with E-state index < -0.39 is 0 Å². The summed E-state index contributed by atoms with van der Waals surface area (Å²) in [5, 5.41) is 1.94. The quantitative estimate of drug-likeness (QED) is 0.618. The fraction of sp³-hybridized carbons (Fsp3) is 0.217. The summed E-state index contributed by atoms with van der Waals surface area (Å²) < 4.78 is 11.8. The fourth-order valence-corrected chi connectivity index (χ4v) is 4.49. The van der Waals surface area contributed by atoms with E-state index in [9.17, 15) is 4.79 Å². The molecular formula is C23H21N3O3S. The number of nitrogens with zero attached hydrogens (tertiary/aromatic N) is 3. The summed E-state index contributed by atoms with van der Waals surface area (Å²) in [4.78, 5) is 22.6. The Morgan fingerprint density at radius 1 is 1.03 bits per heavy atom. The van der Waals surface area contributed by atoms with Crippen molar-refractivity contribution in [2.45, 2.75) is 0 Å². The number of carbonyl (C=O) groups is 1. The van der Waals surface area contributed by atoms with Gasteiger partial charge in [-0.15, -0.1) is 11.3 Å². The van der Waals surface area contributed by atoms with E-state index in [2.05, 4.69) is 4.90 Å². The van der Waals surface area contributed by atoms with Crippen LogP contribution < -0.4 is 9.47 Å². The van der Waals surface area contributed by atoms with Gasteiger partial charge >= 0.3 is 0 Å². The fourth-order valence-electron chi connectivity index (χ4n) is 3.80. The lowest BCUT2D eigenvalue weighted by Crippen LogP contribution is -2.50. The van der Waals surface area contributed by atoms with Gasteiger partial charge in [0.25, 0.3) is 5.91 Å². The van der Waals surface area contributed by atoms with Crippen LogP contribution in [0.25, 0.3) is 0 Å². The topological polar surface area (TPSA) is 54.4 Å². The van der Waals surface area contributed by atoms with Crippen LogP contribution in [0, 0.1) is 0 Å². The molecule has 6 nitrogen and oxygen atoms in total. The Hall–Kier alpha value is -3.32. The first-order valence-electron chi connectivity index (χ1n) is 9.85. The predicted octanol–water partition coefficient (Wildman–Crippen LogP) is 4.40. The molecule has 2 aliphatic heterocycles. The largest absolute Gasteiger partial charge is 0.493 e. The van der Waals surface area contributed by atoms with Crippen LogP contribution in [0.15, 0.2) is 65.0 Å². The molecule has 0 saturated carbocycles. The van der Waals surface area contributed by atoms with Crippen molar-refractivity contribution < 1.29 is 14.3 Å². The number of carbonyl (C=O) groups excluding carboxylic acids is 1. The number of hydrogen-bond acceptors (Lipinski definition) is 6. The molecule has 2 aliphatic rings. The minimum Gasteiger partial charge on any atom is -0.493 e. The molecule has 2 aromatic carbocycles. The Kier molecular flexibility index (Phi) is 4.88. The van der Waals surface area contributed by atoms with E-state index >= 15 is 0 Å². The van der Waals surface area contributed by atoms with E-state index in [-0.39, 0.29) is 5.91 Å². The van der Waals surface area contributed by atoms with E-state index in [4.69, 9.17) is 14.5 Å². The number of hydrogen-bond donors (Lipinski definition) is 0. The van der Waals surface area contributed by atoms with Crippen LogP contribution in [-0.4, -0.2) is 54.8 Å². The highest BCUT2D eigenvalue weighted by atomic mass is 32.1. The molecule has 0 atom stereocenters. The molecule has 0 unspecified atom stereocenters. The number of ether oxygens (including phenoxy) is 2. The van der Waals surface area contributed by atoms with Gasteiger partial charge in [-0.25, -0.2) is 4.99 Å². The highest BCUT2D eigenvalue weighted by Gasteiger charge is 2.29. The zero-order valence-corrected chi connectivity index (χ0v) is 17.4. The Labute approximate surface area is 179 Å². The molecule has 0 radical (unpaired) electrons. The molecule has 5 rings (SSSR count). The third-order valence-corrected chi connectivity index (χ3v) is 6.20. The van der Waals surface area contributed by atoms with Gasteiger partial charge in [-0.2, -0.15) is 0 Å². The molecule has 0 bridgehead atoms. The second kappa shape index (κ2) is 7.84. The van der Waals surface area contributed by atoms with Crippen molar-refractivity contribution in [3.05, 3.63) is 70.4 Å². The molecule has 3 aromatic rings. The van der Waals surface area contributed by atoms with Gasteiger partial charge in [-0.3, -0.25) is 4.79 Å². The third-order valence-electron chi connectivity index (χ3n) is 5.34. The molecular weight excluding hydrogens is 398 g/mol. The van der Waals surface area contributed by atoms with Crippen LogP contribution in [0.2, 0.25) is 0 Å². The maximum Gasteiger partial charge on any atom is 0.264 e. The number of rotatable bonds is 2. The van der Waals surface area contributed by atoms with Crippen molar-refractivity contribution in [2.75, 3.05) is 33.3 Å². The lowest BCUT2D eigenvalue weighted by Gasteiger charge is -2.36. The average molecular weight is 420 g/mol. The highest BCUT2D eigenvalue weighted by molar-refractivity contribution is 7.12. The first-order chi connectivity index (χ1) is 14.7. The molecule has 3 heterocycles. The Bertz CT molecular complexity index is 1100. The van der Waals surface area contributed by atoms with Gasteiger partial charge in [0.15, 0.2) is 17.2 Å². The molecule has 1 saturated heterocycles. The molecule has 0 N–H and O–H groups in total. The number of para-hydroxylation sites is 3. The standard InChI is InChI=1S/C23H21N3O3S/c1-28-19-9-4-6-16-21(19)29-18-8-3-2-7-17(18)24-22(16)25-11-13-26(14-12-25)23(27)20-10-5-15-30-20/h2-10,15H,11-14H2,1H3. The van der Waals surface area contributed by atoms with Crippen molar-refractivity contribution in [3.8, 4) is 17.2 Å². The number of amidine groups is 1. The summed E-state index contributed by atoms with van der Waals surface area (Å²) >= 11 is 1.48. The predicted molar refractivity (Wildman–Crippen MR) is 118 cm³/mol. The van der Waals surface area contributed by atoms with Crippen molar-refractivity contribution in [1.29, 1.82) is 0 Å². The maximum absolute atomic E-state index is 12.7. The summed E-state index contributed by atoms with van der Waals surface area (Å²) in [6.07, 6.45) is 0. The normalized spacial score (nSPS) is 15.4. The van der Waals surface area contributed by atoms with Gasteiger partial charge in [-0.05, 0) is 35.7 Å². The molecule has 30 heavy (non-hydrogen) atoms. The number of piperazine rings is 1. The average Bonchev–Trinajstić information content (AvgIpc) is 3.27. The first-order valence-corrected chi connectivity index (χ1v) is 10.7. The summed E-state index contributed by atoms with van der Waals surface area (Å²) in [5.74, 6) is 2.98. The molecule has 0 aliphatic carbocycles. The second-order valence-corrected chi connectivity index (χ2v) is 8.05. The monoisotopic (exact) mass is 419 g/mol. The first kappa shape index (κ1) is 18.7. The summed E-state index contributed by atoms with van der Waals surface area (Å²) in [6.45, 7) is 2.71. The summed E-state index contributed by atoms with van der Waals surface area (Å²) in [5.41, 5.74) is 1.67. The van der Waals surface area contributed by atoms with Crippen molar-refractivity contribution in [2.24, 2.45) is 4.99 Å². The van der Waals surface area contributed by atoms with E-state index in [1.807, 2.05) is 64.9 Å². The van der Waals surface area contributed by atoms with Crippen molar-refractivity contribution in [3.63, 3.8) is 0 Å². The van der Waals surface area contributed by atoms with Gasteiger partial charge in [0.2, 0.25) is 0 Å². The minimum atomic E-state index is 0.100. The van der Waals surface area contributed by atoms with Gasteiger partial charge in [-0.1, -0.05) is 24.3 Å². The molecule has 1 fully saturated rings. The zero-order valence-electron chi connectivity index (χ0n) is 16.6. The Morgan fingerprint density at radius 3 is 2.63 bits per heavy atom.